The van der Waals surface area contributed by atoms with Crippen LogP contribution in [0.3, 0.4) is 0 Å². The molecule has 0 bridgehead atoms. The Morgan fingerprint density at radius 2 is 1.81 bits per heavy atom. The molecule has 1 aliphatic heterocycles. The highest BCUT2D eigenvalue weighted by atomic mass is 16.5. The van der Waals surface area contributed by atoms with Crippen LogP contribution in [0.5, 0.6) is 11.5 Å². The maximum atomic E-state index is 11.2. The molecule has 0 atom stereocenters. The number of ether oxygens (including phenoxy) is 2. The molecule has 0 spiro atoms. The number of fused-ring (bicyclic) bond motifs is 1. The van der Waals surface area contributed by atoms with E-state index in [0.29, 0.717) is 19.1 Å². The first-order valence-corrected chi connectivity index (χ1v) is 7.47. The van der Waals surface area contributed by atoms with E-state index in [1.54, 1.807) is 0 Å². The Morgan fingerprint density at radius 3 is 2.33 bits per heavy atom. The van der Waals surface area contributed by atoms with E-state index in [9.17, 15) is 4.79 Å². The number of rotatable bonds is 4. The molecule has 0 saturated heterocycles. The van der Waals surface area contributed by atoms with Crippen LogP contribution < -0.4 is 9.47 Å². The van der Waals surface area contributed by atoms with Gasteiger partial charge in [0.25, 0.3) is 0 Å². The highest BCUT2D eigenvalue weighted by Crippen LogP contribution is 2.41. The average Bonchev–Trinajstić information content (AvgIpc) is 2.59. The summed E-state index contributed by atoms with van der Waals surface area (Å²) in [5, 5.41) is 9.17. The molecule has 2 rings (SSSR count). The molecule has 4 nitrogen and oxygen atoms in total. The van der Waals surface area contributed by atoms with Crippen molar-refractivity contribution >= 4 is 5.97 Å². The Morgan fingerprint density at radius 1 is 1.24 bits per heavy atom. The van der Waals surface area contributed by atoms with Gasteiger partial charge in [-0.05, 0) is 29.2 Å². The molecule has 0 aromatic heterocycles. The summed E-state index contributed by atoms with van der Waals surface area (Å²) in [6.45, 7) is 9.44. The normalized spacial score (nSPS) is 14.9. The molecule has 0 aliphatic carbocycles. The standard InChI is InChI=1S/C17H24O4/c1-11(2)12-8-14-15(21-7-5-6-20-14)9-13(12)17(3,4)10-16(18)19/h8-9,11H,5-7,10H2,1-4H3,(H,18,19). The maximum absolute atomic E-state index is 11.2. The summed E-state index contributed by atoms with van der Waals surface area (Å²) >= 11 is 0. The van der Waals surface area contributed by atoms with Crippen molar-refractivity contribution in [1.82, 2.24) is 0 Å². The third kappa shape index (κ3) is 3.49. The molecule has 1 aromatic rings. The second-order valence-corrected chi connectivity index (χ2v) is 6.55. The van der Waals surface area contributed by atoms with Gasteiger partial charge in [-0.2, -0.15) is 0 Å². The van der Waals surface area contributed by atoms with Crippen LogP contribution in [-0.4, -0.2) is 24.3 Å². The largest absolute Gasteiger partial charge is 0.490 e. The predicted octanol–water partition coefficient (Wildman–Crippen LogP) is 3.72. The molecule has 0 radical (unpaired) electrons. The highest BCUT2D eigenvalue weighted by Gasteiger charge is 2.29. The summed E-state index contributed by atoms with van der Waals surface area (Å²) in [4.78, 5) is 11.2. The van der Waals surface area contributed by atoms with Crippen molar-refractivity contribution in [2.45, 2.75) is 51.9 Å². The van der Waals surface area contributed by atoms with Crippen LogP contribution in [0.4, 0.5) is 0 Å². The van der Waals surface area contributed by atoms with Crippen molar-refractivity contribution in [2.24, 2.45) is 0 Å². The SMILES string of the molecule is CC(C)c1cc2c(cc1C(C)(C)CC(=O)O)OCCCO2. The molecule has 1 aliphatic rings. The van der Waals surface area contributed by atoms with Gasteiger partial charge in [-0.25, -0.2) is 0 Å². The van der Waals surface area contributed by atoms with E-state index in [-0.39, 0.29) is 6.42 Å². The van der Waals surface area contributed by atoms with Crippen LogP contribution in [-0.2, 0) is 10.2 Å². The molecule has 116 valence electrons. The van der Waals surface area contributed by atoms with Crippen LogP contribution in [0, 0.1) is 0 Å². The van der Waals surface area contributed by atoms with Gasteiger partial charge in [0, 0.05) is 11.8 Å². The monoisotopic (exact) mass is 292 g/mol. The van der Waals surface area contributed by atoms with Crippen LogP contribution in [0.2, 0.25) is 0 Å². The number of aliphatic carboxylic acids is 1. The first-order valence-electron chi connectivity index (χ1n) is 7.47. The van der Waals surface area contributed by atoms with E-state index in [4.69, 9.17) is 14.6 Å². The molecule has 0 fully saturated rings. The number of carboxylic acid groups (broad SMARTS) is 1. The molecule has 21 heavy (non-hydrogen) atoms. The van der Waals surface area contributed by atoms with Gasteiger partial charge >= 0.3 is 5.97 Å². The van der Waals surface area contributed by atoms with Crippen LogP contribution >= 0.6 is 0 Å². The molecular weight excluding hydrogens is 268 g/mol. The third-order valence-electron chi connectivity index (χ3n) is 3.86. The molecule has 1 heterocycles. The smallest absolute Gasteiger partial charge is 0.304 e. The van der Waals surface area contributed by atoms with E-state index in [2.05, 4.69) is 13.8 Å². The van der Waals surface area contributed by atoms with Gasteiger partial charge in [0.15, 0.2) is 11.5 Å². The minimum absolute atomic E-state index is 0.0896. The van der Waals surface area contributed by atoms with Crippen LogP contribution in [0.15, 0.2) is 12.1 Å². The summed E-state index contributed by atoms with van der Waals surface area (Å²) in [5.41, 5.74) is 1.71. The fourth-order valence-electron chi connectivity index (χ4n) is 2.76. The molecule has 0 unspecified atom stereocenters. The van der Waals surface area contributed by atoms with Gasteiger partial charge in [-0.15, -0.1) is 0 Å². The molecule has 0 saturated carbocycles. The zero-order chi connectivity index (χ0) is 15.6. The Hall–Kier alpha value is -1.71. The van der Waals surface area contributed by atoms with Crippen molar-refractivity contribution in [1.29, 1.82) is 0 Å². The Bertz CT molecular complexity index is 532. The number of carbonyl (C=O) groups is 1. The predicted molar refractivity (Wildman–Crippen MR) is 81.4 cm³/mol. The molecular formula is C17H24O4. The number of benzene rings is 1. The Kier molecular flexibility index (Phi) is 4.45. The molecule has 1 N–H and O–H groups in total. The van der Waals surface area contributed by atoms with Gasteiger partial charge in [0.1, 0.15) is 0 Å². The molecule has 4 heteroatoms. The second-order valence-electron chi connectivity index (χ2n) is 6.55. The maximum Gasteiger partial charge on any atom is 0.304 e. The van der Waals surface area contributed by atoms with E-state index >= 15 is 0 Å². The summed E-state index contributed by atoms with van der Waals surface area (Å²) in [6, 6.07) is 3.99. The zero-order valence-electron chi connectivity index (χ0n) is 13.2. The second kappa shape index (κ2) is 5.96. The lowest BCUT2D eigenvalue weighted by molar-refractivity contribution is -0.138. The summed E-state index contributed by atoms with van der Waals surface area (Å²) in [7, 11) is 0. The first kappa shape index (κ1) is 15.7. The summed E-state index contributed by atoms with van der Waals surface area (Å²) in [6.07, 6.45) is 0.950. The van der Waals surface area contributed by atoms with Crippen molar-refractivity contribution in [2.75, 3.05) is 13.2 Å². The van der Waals surface area contributed by atoms with Gasteiger partial charge in [-0.3, -0.25) is 4.79 Å². The van der Waals surface area contributed by atoms with Crippen LogP contribution in [0.25, 0.3) is 0 Å². The van der Waals surface area contributed by atoms with Crippen molar-refractivity contribution in [3.63, 3.8) is 0 Å². The van der Waals surface area contributed by atoms with E-state index in [0.717, 1.165) is 29.0 Å². The van der Waals surface area contributed by atoms with Crippen molar-refractivity contribution in [3.05, 3.63) is 23.3 Å². The molecule has 0 amide bonds. The van der Waals surface area contributed by atoms with E-state index in [1.807, 2.05) is 26.0 Å². The lowest BCUT2D eigenvalue weighted by atomic mass is 9.76. The van der Waals surface area contributed by atoms with Crippen molar-refractivity contribution < 1.29 is 19.4 Å². The lowest BCUT2D eigenvalue weighted by Gasteiger charge is -2.28. The van der Waals surface area contributed by atoms with Gasteiger partial charge in [0.2, 0.25) is 0 Å². The number of carboxylic acids is 1. The highest BCUT2D eigenvalue weighted by molar-refractivity contribution is 5.69. The minimum Gasteiger partial charge on any atom is -0.490 e. The Labute approximate surface area is 126 Å². The fourth-order valence-corrected chi connectivity index (χ4v) is 2.76. The average molecular weight is 292 g/mol. The van der Waals surface area contributed by atoms with E-state index in [1.165, 1.54) is 0 Å². The Balaban J connectivity index is 2.52. The van der Waals surface area contributed by atoms with Gasteiger partial charge < -0.3 is 14.6 Å². The van der Waals surface area contributed by atoms with Gasteiger partial charge in [0.05, 0.1) is 19.6 Å². The lowest BCUT2D eigenvalue weighted by Crippen LogP contribution is -2.24. The summed E-state index contributed by atoms with van der Waals surface area (Å²) < 4.78 is 11.5. The zero-order valence-corrected chi connectivity index (χ0v) is 13.2. The number of hydrogen-bond donors (Lipinski definition) is 1. The summed E-state index contributed by atoms with van der Waals surface area (Å²) in [5.74, 6) is 1.00. The van der Waals surface area contributed by atoms with Gasteiger partial charge in [-0.1, -0.05) is 27.7 Å². The third-order valence-corrected chi connectivity index (χ3v) is 3.86. The molecule has 1 aromatic carbocycles. The number of hydrogen-bond acceptors (Lipinski definition) is 3. The van der Waals surface area contributed by atoms with Crippen molar-refractivity contribution in [3.8, 4) is 11.5 Å². The topological polar surface area (TPSA) is 55.8 Å². The van der Waals surface area contributed by atoms with E-state index < -0.39 is 11.4 Å². The van der Waals surface area contributed by atoms with Crippen LogP contribution in [0.1, 0.15) is 57.6 Å². The fraction of sp³-hybridized carbons (Fsp3) is 0.588. The minimum atomic E-state index is -0.790. The quantitative estimate of drug-likeness (QED) is 0.918. The first-order chi connectivity index (χ1) is 9.81.